The van der Waals surface area contributed by atoms with E-state index in [0.717, 1.165) is 12.8 Å². The van der Waals surface area contributed by atoms with E-state index in [4.69, 9.17) is 13.1 Å². The largest absolute Gasteiger partial charge is 0.347 e. The Kier molecular flexibility index (Phi) is 3.93. The first-order valence-corrected chi connectivity index (χ1v) is 6.51. The molecule has 1 N–H and O–H groups in total. The van der Waals surface area contributed by atoms with Gasteiger partial charge in [-0.1, -0.05) is 0 Å². The highest BCUT2D eigenvalue weighted by Gasteiger charge is 2.36. The smallest absolute Gasteiger partial charge is 0.247 e. The predicted molar refractivity (Wildman–Crippen MR) is 74.9 cm³/mol. The van der Waals surface area contributed by atoms with E-state index in [1.807, 2.05) is 6.07 Å². The molecule has 0 saturated carbocycles. The van der Waals surface area contributed by atoms with Crippen molar-refractivity contribution >= 4 is 19.7 Å². The van der Waals surface area contributed by atoms with Crippen LogP contribution in [0.1, 0.15) is 32.3 Å². The van der Waals surface area contributed by atoms with Crippen LogP contribution < -0.4 is 5.32 Å². The Morgan fingerprint density at radius 1 is 1.55 bits per heavy atom. The van der Waals surface area contributed by atoms with Crippen molar-refractivity contribution in [3.63, 3.8) is 0 Å². The molecule has 1 aliphatic rings. The van der Waals surface area contributed by atoms with E-state index >= 15 is 0 Å². The third-order valence-corrected chi connectivity index (χ3v) is 3.30. The summed E-state index contributed by atoms with van der Waals surface area (Å²) in [5, 5.41) is 11.7. The second-order valence-electron chi connectivity index (χ2n) is 5.37. The summed E-state index contributed by atoms with van der Waals surface area (Å²) in [5.41, 5.74) is -0.475. The maximum atomic E-state index is 12.5. The van der Waals surface area contributed by atoms with Crippen LogP contribution in [0.25, 0.3) is 0 Å². The molecule has 7 heteroatoms. The van der Waals surface area contributed by atoms with E-state index in [1.165, 1.54) is 12.4 Å². The monoisotopic (exact) mass is 269 g/mol. The molecule has 1 saturated heterocycles. The number of aromatic nitrogens is 2. The molecule has 6 nitrogen and oxygen atoms in total. The minimum atomic E-state index is -0.851. The first kappa shape index (κ1) is 14.3. The van der Waals surface area contributed by atoms with Crippen LogP contribution in [-0.4, -0.2) is 46.6 Å². The molecule has 0 bridgehead atoms. The van der Waals surface area contributed by atoms with Gasteiger partial charge in [0, 0.05) is 6.54 Å². The normalized spacial score (nSPS) is 18.6. The SMILES string of the molecule is [B][C@H]1CCCN1C(=O)C(C)(C)Nc1ncc(C#N)cn1. The average molecular weight is 269 g/mol. The number of carbonyl (C=O) groups excluding carboxylic acids is 1. The first-order chi connectivity index (χ1) is 9.44. The summed E-state index contributed by atoms with van der Waals surface area (Å²) in [7, 11) is 5.92. The molecule has 0 aromatic carbocycles. The standard InChI is InChI=1S/C13H16BN5O/c1-13(2,11(20)19-5-3-4-10(19)14)18-12-16-7-9(6-15)8-17-12/h7-8,10H,3-5H2,1-2H3,(H,16,17,18)/t10-/m1/s1. The Labute approximate surface area is 119 Å². The van der Waals surface area contributed by atoms with Crippen molar-refractivity contribution in [2.75, 3.05) is 11.9 Å². The van der Waals surface area contributed by atoms with Gasteiger partial charge in [0.1, 0.15) is 11.6 Å². The van der Waals surface area contributed by atoms with Crippen molar-refractivity contribution in [3.8, 4) is 6.07 Å². The molecule has 1 atom stereocenters. The minimum absolute atomic E-state index is 0.0736. The molecular formula is C13H16BN5O. The zero-order chi connectivity index (χ0) is 14.8. The first-order valence-electron chi connectivity index (χ1n) is 6.51. The van der Waals surface area contributed by atoms with Crippen molar-refractivity contribution in [1.29, 1.82) is 5.26 Å². The van der Waals surface area contributed by atoms with Crippen LogP contribution in [0.5, 0.6) is 0 Å². The number of anilines is 1. The Hall–Kier alpha value is -2.10. The van der Waals surface area contributed by atoms with E-state index in [9.17, 15) is 4.79 Å². The minimum Gasteiger partial charge on any atom is -0.347 e. The molecule has 1 fully saturated rings. The van der Waals surface area contributed by atoms with Crippen molar-refractivity contribution < 1.29 is 4.79 Å². The van der Waals surface area contributed by atoms with Gasteiger partial charge in [-0.25, -0.2) is 9.97 Å². The van der Waals surface area contributed by atoms with Gasteiger partial charge in [0.2, 0.25) is 11.9 Å². The van der Waals surface area contributed by atoms with E-state index < -0.39 is 5.54 Å². The highest BCUT2D eigenvalue weighted by atomic mass is 16.2. The van der Waals surface area contributed by atoms with Crippen molar-refractivity contribution in [2.45, 2.75) is 38.2 Å². The molecule has 2 radical (unpaired) electrons. The highest BCUT2D eigenvalue weighted by Crippen LogP contribution is 2.21. The number of hydrogen-bond acceptors (Lipinski definition) is 5. The van der Waals surface area contributed by atoms with Gasteiger partial charge in [0.25, 0.3) is 0 Å². The van der Waals surface area contributed by atoms with Gasteiger partial charge >= 0.3 is 0 Å². The predicted octanol–water partition coefficient (Wildman–Crippen LogP) is 0.656. The lowest BCUT2D eigenvalue weighted by molar-refractivity contribution is -0.134. The summed E-state index contributed by atoms with van der Waals surface area (Å²) < 4.78 is 0. The van der Waals surface area contributed by atoms with Crippen LogP contribution in [-0.2, 0) is 4.79 Å². The molecule has 20 heavy (non-hydrogen) atoms. The van der Waals surface area contributed by atoms with Gasteiger partial charge in [-0.3, -0.25) is 4.79 Å². The number of nitrogens with one attached hydrogen (secondary N) is 1. The Morgan fingerprint density at radius 2 is 2.20 bits per heavy atom. The number of hydrogen-bond donors (Lipinski definition) is 1. The van der Waals surface area contributed by atoms with Crippen LogP contribution in [0.2, 0.25) is 0 Å². The molecule has 1 aliphatic heterocycles. The van der Waals surface area contributed by atoms with E-state index in [-0.39, 0.29) is 11.8 Å². The van der Waals surface area contributed by atoms with Crippen LogP contribution in [0.15, 0.2) is 12.4 Å². The highest BCUT2D eigenvalue weighted by molar-refractivity contribution is 6.13. The van der Waals surface area contributed by atoms with E-state index in [1.54, 1.807) is 18.7 Å². The second-order valence-corrected chi connectivity index (χ2v) is 5.37. The van der Waals surface area contributed by atoms with Gasteiger partial charge in [0.15, 0.2) is 0 Å². The number of likely N-dealkylation sites (tertiary alicyclic amines) is 1. The summed E-state index contributed by atoms with van der Waals surface area (Å²) in [5.74, 6) is 0.0241. The number of amides is 1. The fraction of sp³-hybridized carbons (Fsp3) is 0.538. The van der Waals surface area contributed by atoms with E-state index in [2.05, 4.69) is 15.3 Å². The quantitative estimate of drug-likeness (QED) is 0.815. The molecule has 1 aromatic heterocycles. The maximum absolute atomic E-state index is 12.5. The molecule has 102 valence electrons. The fourth-order valence-corrected chi connectivity index (χ4v) is 2.19. The third-order valence-electron chi connectivity index (χ3n) is 3.30. The maximum Gasteiger partial charge on any atom is 0.247 e. The van der Waals surface area contributed by atoms with Gasteiger partial charge in [0.05, 0.1) is 25.8 Å². The molecule has 0 spiro atoms. The summed E-state index contributed by atoms with van der Waals surface area (Å²) in [6, 6.07) is 1.95. The Balaban J connectivity index is 2.09. The van der Waals surface area contributed by atoms with Crippen molar-refractivity contribution in [2.24, 2.45) is 0 Å². The van der Waals surface area contributed by atoms with Gasteiger partial charge < -0.3 is 10.2 Å². The van der Waals surface area contributed by atoms with Gasteiger partial charge in [-0.15, -0.1) is 0 Å². The van der Waals surface area contributed by atoms with Crippen LogP contribution in [0, 0.1) is 11.3 Å². The average Bonchev–Trinajstić information content (AvgIpc) is 2.84. The fourth-order valence-electron chi connectivity index (χ4n) is 2.19. The van der Waals surface area contributed by atoms with Gasteiger partial charge in [-0.2, -0.15) is 5.26 Å². The number of carbonyl (C=O) groups is 1. The van der Waals surface area contributed by atoms with Gasteiger partial charge in [-0.05, 0) is 32.6 Å². The number of nitriles is 1. The molecule has 1 amide bonds. The second kappa shape index (κ2) is 5.49. The van der Waals surface area contributed by atoms with Crippen LogP contribution >= 0.6 is 0 Å². The third kappa shape index (κ3) is 2.90. The van der Waals surface area contributed by atoms with E-state index in [0.29, 0.717) is 18.1 Å². The molecule has 0 unspecified atom stereocenters. The van der Waals surface area contributed by atoms with Crippen LogP contribution in [0.4, 0.5) is 5.95 Å². The lowest BCUT2D eigenvalue weighted by Crippen LogP contribution is -2.52. The number of nitrogens with zero attached hydrogens (tertiary/aromatic N) is 4. The molecular weight excluding hydrogens is 253 g/mol. The molecule has 1 aromatic rings. The zero-order valence-corrected chi connectivity index (χ0v) is 11.6. The Bertz CT molecular complexity index is 537. The zero-order valence-electron chi connectivity index (χ0n) is 11.6. The summed E-state index contributed by atoms with van der Waals surface area (Å²) in [6.45, 7) is 4.21. The lowest BCUT2D eigenvalue weighted by Gasteiger charge is -2.32. The number of rotatable bonds is 3. The van der Waals surface area contributed by atoms with Crippen molar-refractivity contribution in [3.05, 3.63) is 18.0 Å². The topological polar surface area (TPSA) is 81.9 Å². The summed E-state index contributed by atoms with van der Waals surface area (Å²) in [4.78, 5) is 22.2. The summed E-state index contributed by atoms with van der Waals surface area (Å²) in [6.07, 6.45) is 4.58. The van der Waals surface area contributed by atoms with Crippen LogP contribution in [0.3, 0.4) is 0 Å². The van der Waals surface area contributed by atoms with Crippen molar-refractivity contribution in [1.82, 2.24) is 14.9 Å². The lowest BCUT2D eigenvalue weighted by atomic mass is 9.92. The summed E-state index contributed by atoms with van der Waals surface area (Å²) >= 11 is 0. The molecule has 2 heterocycles. The Morgan fingerprint density at radius 3 is 2.70 bits per heavy atom. The molecule has 0 aliphatic carbocycles. The molecule has 2 rings (SSSR count).